The molecule has 0 nitrogen and oxygen atoms in total. The Balaban J connectivity index is 2.65. The van der Waals surface area contributed by atoms with E-state index in [4.69, 9.17) is 0 Å². The topological polar surface area (TPSA) is 0 Å². The van der Waals surface area contributed by atoms with E-state index in [0.29, 0.717) is 5.92 Å². The highest BCUT2D eigenvalue weighted by atomic mass is 127. The fourth-order valence-corrected chi connectivity index (χ4v) is 3.82. The number of alkyl halides is 1. The van der Waals surface area contributed by atoms with Gasteiger partial charge in [0, 0.05) is 5.56 Å². The largest absolute Gasteiger partial charge is 0.310 e. The molecule has 0 unspecified atom stereocenters. The lowest BCUT2D eigenvalue weighted by molar-refractivity contribution is -0.596. The Morgan fingerprint density at radius 2 is 1.59 bits per heavy atom. The van der Waals surface area contributed by atoms with Crippen molar-refractivity contribution >= 4 is 0 Å². The standard InChI is InChI=1S/C16H18I/c1-12(2)14-10-7-11-15(17-3)16(14)13-8-5-4-6-9-13/h4-12H,1-3H3/q+1. The molecule has 0 heterocycles. The molecule has 0 spiro atoms. The first-order valence-corrected chi connectivity index (χ1v) is 9.15. The zero-order valence-electron chi connectivity index (χ0n) is 10.6. The van der Waals surface area contributed by atoms with Gasteiger partial charge in [0.05, 0.1) is 0 Å². The van der Waals surface area contributed by atoms with Crippen LogP contribution in [0.15, 0.2) is 48.5 Å². The van der Waals surface area contributed by atoms with Crippen molar-refractivity contribution in [1.82, 2.24) is 0 Å². The summed E-state index contributed by atoms with van der Waals surface area (Å²) in [5.74, 6) is 0.584. The molecule has 0 amide bonds. The Morgan fingerprint density at radius 3 is 2.18 bits per heavy atom. The summed E-state index contributed by atoms with van der Waals surface area (Å²) in [6.45, 7) is 4.55. The van der Waals surface area contributed by atoms with E-state index in [2.05, 4.69) is 67.3 Å². The molecule has 2 aromatic carbocycles. The van der Waals surface area contributed by atoms with Crippen molar-refractivity contribution in [2.24, 2.45) is 0 Å². The second-order valence-corrected chi connectivity index (χ2v) is 6.65. The Morgan fingerprint density at radius 1 is 0.882 bits per heavy atom. The Bertz CT molecular complexity index is 486. The molecule has 88 valence electrons. The first-order valence-electron chi connectivity index (χ1n) is 5.92. The van der Waals surface area contributed by atoms with E-state index >= 15 is 0 Å². The first kappa shape index (κ1) is 12.6. The van der Waals surface area contributed by atoms with E-state index < -0.39 is 0 Å². The highest BCUT2D eigenvalue weighted by molar-refractivity contribution is 5.67. The summed E-state index contributed by atoms with van der Waals surface area (Å²) < 4.78 is 1.56. The van der Waals surface area contributed by atoms with Crippen molar-refractivity contribution in [3.8, 4) is 11.1 Å². The molecule has 0 radical (unpaired) electrons. The van der Waals surface area contributed by atoms with Crippen LogP contribution in [0.2, 0.25) is 0 Å². The summed E-state index contributed by atoms with van der Waals surface area (Å²) in [6.07, 6.45) is 0. The molecule has 0 saturated carbocycles. The predicted octanol–water partition coefficient (Wildman–Crippen LogP) is 1.37. The van der Waals surface area contributed by atoms with Gasteiger partial charge in [-0.05, 0) is 23.1 Å². The van der Waals surface area contributed by atoms with E-state index in [9.17, 15) is 0 Å². The van der Waals surface area contributed by atoms with Crippen LogP contribution in [-0.2, 0) is 0 Å². The molecular formula is C16H18I+. The predicted molar refractivity (Wildman–Crippen MR) is 70.6 cm³/mol. The van der Waals surface area contributed by atoms with Gasteiger partial charge in [-0.2, -0.15) is 0 Å². The van der Waals surface area contributed by atoms with Crippen LogP contribution >= 0.6 is 0 Å². The lowest BCUT2D eigenvalue weighted by Crippen LogP contribution is -3.60. The zero-order valence-corrected chi connectivity index (χ0v) is 12.7. The molecular weight excluding hydrogens is 319 g/mol. The van der Waals surface area contributed by atoms with Crippen molar-refractivity contribution in [3.05, 3.63) is 57.7 Å². The molecule has 0 fully saturated rings. The van der Waals surface area contributed by atoms with Crippen LogP contribution in [0, 0.1) is 3.57 Å². The number of hydrogen-bond acceptors (Lipinski definition) is 0. The SMILES string of the molecule is C[I+]c1cccc(C(C)C)c1-c1ccccc1. The summed E-state index contributed by atoms with van der Waals surface area (Å²) in [5.41, 5.74) is 4.34. The smallest absolute Gasteiger partial charge is 0.0622 e. The zero-order chi connectivity index (χ0) is 12.3. The van der Waals surface area contributed by atoms with Crippen molar-refractivity contribution in [2.75, 3.05) is 4.93 Å². The third-order valence-electron chi connectivity index (χ3n) is 2.93. The molecule has 0 bridgehead atoms. The average molecular weight is 337 g/mol. The van der Waals surface area contributed by atoms with E-state index in [1.54, 1.807) is 3.57 Å². The second-order valence-electron chi connectivity index (χ2n) is 4.41. The Kier molecular flexibility index (Phi) is 4.21. The van der Waals surface area contributed by atoms with Crippen LogP contribution in [0.25, 0.3) is 11.1 Å². The van der Waals surface area contributed by atoms with Gasteiger partial charge in [-0.1, -0.05) is 56.3 Å². The second kappa shape index (κ2) is 5.67. The molecule has 17 heavy (non-hydrogen) atoms. The maximum atomic E-state index is 2.34. The number of benzene rings is 2. The van der Waals surface area contributed by atoms with Gasteiger partial charge in [0.15, 0.2) is 3.57 Å². The van der Waals surface area contributed by atoms with Gasteiger partial charge < -0.3 is 0 Å². The molecule has 0 aliphatic rings. The Labute approximate surface area is 114 Å². The van der Waals surface area contributed by atoms with Gasteiger partial charge in [0.2, 0.25) is 0 Å². The molecule has 0 aliphatic carbocycles. The minimum absolute atomic E-state index is 0.120. The van der Waals surface area contributed by atoms with Gasteiger partial charge in [0.25, 0.3) is 0 Å². The quantitative estimate of drug-likeness (QED) is 0.586. The highest BCUT2D eigenvalue weighted by Gasteiger charge is 2.18. The molecule has 0 atom stereocenters. The van der Waals surface area contributed by atoms with Crippen LogP contribution in [0.4, 0.5) is 0 Å². The molecule has 0 N–H and O–H groups in total. The summed E-state index contributed by atoms with van der Waals surface area (Å²) in [7, 11) is 0. The van der Waals surface area contributed by atoms with Crippen molar-refractivity contribution < 1.29 is 21.2 Å². The summed E-state index contributed by atoms with van der Waals surface area (Å²) in [5, 5.41) is 0. The molecule has 1 heteroatoms. The van der Waals surface area contributed by atoms with E-state index in [-0.39, 0.29) is 21.2 Å². The van der Waals surface area contributed by atoms with Crippen molar-refractivity contribution in [1.29, 1.82) is 0 Å². The molecule has 2 rings (SSSR count). The van der Waals surface area contributed by atoms with Crippen LogP contribution < -0.4 is 21.2 Å². The molecule has 0 aliphatic heterocycles. The fourth-order valence-electron chi connectivity index (χ4n) is 2.09. The first-order chi connectivity index (χ1) is 8.24. The van der Waals surface area contributed by atoms with Gasteiger partial charge in [-0.15, -0.1) is 0 Å². The van der Waals surface area contributed by atoms with Crippen LogP contribution in [0.1, 0.15) is 25.3 Å². The van der Waals surface area contributed by atoms with Gasteiger partial charge in [-0.25, -0.2) is 0 Å². The van der Waals surface area contributed by atoms with Crippen molar-refractivity contribution in [2.45, 2.75) is 19.8 Å². The molecule has 2 aromatic rings. The third-order valence-corrected chi connectivity index (χ3v) is 5.00. The Hall–Kier alpha value is -0.830. The van der Waals surface area contributed by atoms with Crippen LogP contribution in [0.3, 0.4) is 0 Å². The molecule has 0 aromatic heterocycles. The molecule has 0 saturated heterocycles. The minimum atomic E-state index is 0.120. The average Bonchev–Trinajstić information content (AvgIpc) is 2.38. The van der Waals surface area contributed by atoms with Gasteiger partial charge in [-0.3, -0.25) is 0 Å². The summed E-state index contributed by atoms with van der Waals surface area (Å²) in [6, 6.07) is 17.6. The third kappa shape index (κ3) is 2.71. The van der Waals surface area contributed by atoms with E-state index in [0.717, 1.165) is 0 Å². The summed E-state index contributed by atoms with van der Waals surface area (Å²) >= 11 is 0.120. The maximum absolute atomic E-state index is 2.34. The van der Waals surface area contributed by atoms with Gasteiger partial charge >= 0.3 is 21.2 Å². The lowest BCUT2D eigenvalue weighted by Gasteiger charge is -2.12. The monoisotopic (exact) mass is 337 g/mol. The van der Waals surface area contributed by atoms with Crippen LogP contribution in [0.5, 0.6) is 0 Å². The number of hydrogen-bond donors (Lipinski definition) is 0. The normalized spacial score (nSPS) is 10.8. The fraction of sp³-hybridized carbons (Fsp3) is 0.250. The van der Waals surface area contributed by atoms with Crippen LogP contribution in [-0.4, -0.2) is 4.93 Å². The maximum Gasteiger partial charge on any atom is 0.310 e. The van der Waals surface area contributed by atoms with E-state index in [1.165, 1.54) is 16.7 Å². The summed E-state index contributed by atoms with van der Waals surface area (Å²) in [4.78, 5) is 2.34. The van der Waals surface area contributed by atoms with E-state index in [1.807, 2.05) is 0 Å². The van der Waals surface area contributed by atoms with Crippen molar-refractivity contribution in [3.63, 3.8) is 0 Å². The lowest BCUT2D eigenvalue weighted by atomic mass is 9.93. The minimum Gasteiger partial charge on any atom is -0.0622 e. The number of rotatable bonds is 3. The van der Waals surface area contributed by atoms with Gasteiger partial charge in [0.1, 0.15) is 4.93 Å². The highest BCUT2D eigenvalue weighted by Crippen LogP contribution is 2.28. The number of halogens is 1.